The second kappa shape index (κ2) is 8.93. The molecular formula is C22H18ClN3O5. The maximum atomic E-state index is 12.7. The Balaban J connectivity index is 1.51. The van der Waals surface area contributed by atoms with Crippen LogP contribution in [0.5, 0.6) is 17.2 Å². The number of rotatable bonds is 5. The van der Waals surface area contributed by atoms with Crippen molar-refractivity contribution in [2.45, 2.75) is 0 Å². The van der Waals surface area contributed by atoms with Gasteiger partial charge in [0.25, 0.3) is 11.8 Å². The van der Waals surface area contributed by atoms with Gasteiger partial charge in [-0.1, -0.05) is 11.6 Å². The van der Waals surface area contributed by atoms with Gasteiger partial charge in [-0.25, -0.2) is 0 Å². The summed E-state index contributed by atoms with van der Waals surface area (Å²) in [5.74, 6) is 0.534. The average Bonchev–Trinajstić information content (AvgIpc) is 2.80. The zero-order chi connectivity index (χ0) is 21.8. The third kappa shape index (κ3) is 4.54. The van der Waals surface area contributed by atoms with Crippen molar-refractivity contribution < 1.29 is 23.8 Å². The molecule has 0 bridgehead atoms. The molecule has 158 valence electrons. The zero-order valence-corrected chi connectivity index (χ0v) is 17.2. The summed E-state index contributed by atoms with van der Waals surface area (Å²) < 4.78 is 16.4. The summed E-state index contributed by atoms with van der Waals surface area (Å²) in [4.78, 5) is 29.0. The van der Waals surface area contributed by atoms with Crippen LogP contribution in [0, 0.1) is 0 Å². The lowest BCUT2D eigenvalue weighted by molar-refractivity contribution is 0.101. The van der Waals surface area contributed by atoms with E-state index in [-0.39, 0.29) is 11.8 Å². The van der Waals surface area contributed by atoms with Gasteiger partial charge in [0.15, 0.2) is 11.5 Å². The van der Waals surface area contributed by atoms with E-state index in [0.29, 0.717) is 58.0 Å². The number of methoxy groups -OCH3 is 1. The molecule has 31 heavy (non-hydrogen) atoms. The van der Waals surface area contributed by atoms with Crippen molar-refractivity contribution >= 4 is 34.8 Å². The maximum Gasteiger partial charge on any atom is 0.257 e. The summed E-state index contributed by atoms with van der Waals surface area (Å²) in [5, 5.41) is 5.85. The predicted octanol–water partition coefficient (Wildman–Crippen LogP) is 4.02. The van der Waals surface area contributed by atoms with Crippen LogP contribution in [0.3, 0.4) is 0 Å². The standard InChI is InChI=1S/C22H18ClN3O5/c1-29-18-11-15(4-5-17(18)26-21(27)13-3-2-6-24-12-13)25-22(28)14-9-16(23)20-19(10-14)30-7-8-31-20/h2-6,9-12H,7-8H2,1H3,(H,25,28)(H,26,27). The van der Waals surface area contributed by atoms with Crippen LogP contribution < -0.4 is 24.8 Å². The monoisotopic (exact) mass is 439 g/mol. The molecule has 0 saturated heterocycles. The van der Waals surface area contributed by atoms with Gasteiger partial charge in [-0.15, -0.1) is 0 Å². The molecule has 0 spiro atoms. The molecule has 2 N–H and O–H groups in total. The van der Waals surface area contributed by atoms with E-state index in [0.717, 1.165) is 0 Å². The highest BCUT2D eigenvalue weighted by Gasteiger charge is 2.20. The molecule has 2 heterocycles. The van der Waals surface area contributed by atoms with E-state index in [1.54, 1.807) is 42.6 Å². The number of benzene rings is 2. The SMILES string of the molecule is COc1cc(NC(=O)c2cc(Cl)c3c(c2)OCCO3)ccc1NC(=O)c1cccnc1. The van der Waals surface area contributed by atoms with Gasteiger partial charge in [0, 0.05) is 29.7 Å². The molecule has 1 aliphatic rings. The molecule has 4 rings (SSSR count). The van der Waals surface area contributed by atoms with Crippen LogP contribution in [0.1, 0.15) is 20.7 Å². The normalized spacial score (nSPS) is 12.1. The summed E-state index contributed by atoms with van der Waals surface area (Å²) in [6.45, 7) is 0.791. The first-order valence-electron chi connectivity index (χ1n) is 9.35. The Hall–Kier alpha value is -3.78. The number of carbonyl (C=O) groups excluding carboxylic acids is 2. The molecule has 0 fully saturated rings. The van der Waals surface area contributed by atoms with Crippen molar-refractivity contribution in [2.75, 3.05) is 31.0 Å². The fraction of sp³-hybridized carbons (Fsp3) is 0.136. The van der Waals surface area contributed by atoms with Crippen molar-refractivity contribution in [3.8, 4) is 17.2 Å². The number of hydrogen-bond donors (Lipinski definition) is 2. The molecule has 8 nitrogen and oxygen atoms in total. The molecule has 1 aromatic heterocycles. The van der Waals surface area contributed by atoms with Gasteiger partial charge < -0.3 is 24.8 Å². The number of hydrogen-bond acceptors (Lipinski definition) is 6. The van der Waals surface area contributed by atoms with Gasteiger partial charge in [-0.05, 0) is 36.4 Å². The van der Waals surface area contributed by atoms with Gasteiger partial charge in [-0.3, -0.25) is 14.6 Å². The van der Waals surface area contributed by atoms with E-state index >= 15 is 0 Å². The molecule has 0 atom stereocenters. The van der Waals surface area contributed by atoms with E-state index in [1.165, 1.54) is 19.4 Å². The summed E-state index contributed by atoms with van der Waals surface area (Å²) >= 11 is 6.21. The number of halogens is 1. The third-order valence-electron chi connectivity index (χ3n) is 4.49. The van der Waals surface area contributed by atoms with E-state index < -0.39 is 0 Å². The first-order chi connectivity index (χ1) is 15.0. The number of ether oxygens (including phenoxy) is 3. The van der Waals surface area contributed by atoms with Crippen LogP contribution in [0.4, 0.5) is 11.4 Å². The minimum Gasteiger partial charge on any atom is -0.494 e. The molecule has 2 aromatic carbocycles. The molecule has 0 unspecified atom stereocenters. The summed E-state index contributed by atoms with van der Waals surface area (Å²) in [5.41, 5.74) is 1.67. The Bertz CT molecular complexity index is 1140. The number of nitrogens with one attached hydrogen (secondary N) is 2. The minimum absolute atomic E-state index is 0.299. The molecule has 3 aromatic rings. The number of fused-ring (bicyclic) bond motifs is 1. The average molecular weight is 440 g/mol. The first kappa shape index (κ1) is 20.5. The highest BCUT2D eigenvalue weighted by atomic mass is 35.5. The van der Waals surface area contributed by atoms with Gasteiger partial charge in [-0.2, -0.15) is 0 Å². The molecule has 0 radical (unpaired) electrons. The van der Waals surface area contributed by atoms with E-state index in [2.05, 4.69) is 15.6 Å². The molecule has 1 aliphatic heterocycles. The topological polar surface area (TPSA) is 98.8 Å². The second-order valence-electron chi connectivity index (χ2n) is 6.55. The van der Waals surface area contributed by atoms with Crippen LogP contribution >= 0.6 is 11.6 Å². The van der Waals surface area contributed by atoms with Crippen LogP contribution in [0.2, 0.25) is 5.02 Å². The number of pyridine rings is 1. The van der Waals surface area contributed by atoms with Crippen molar-refractivity contribution in [1.29, 1.82) is 0 Å². The van der Waals surface area contributed by atoms with Gasteiger partial charge in [0.05, 0.1) is 23.4 Å². The van der Waals surface area contributed by atoms with E-state index in [4.69, 9.17) is 25.8 Å². The lowest BCUT2D eigenvalue weighted by Gasteiger charge is -2.20. The predicted molar refractivity (Wildman–Crippen MR) is 116 cm³/mol. The Morgan fingerprint density at radius 3 is 2.61 bits per heavy atom. The molecule has 0 saturated carbocycles. The van der Waals surface area contributed by atoms with Crippen LogP contribution in [-0.2, 0) is 0 Å². The molecule has 2 amide bonds. The van der Waals surface area contributed by atoms with Crippen LogP contribution in [0.25, 0.3) is 0 Å². The highest BCUT2D eigenvalue weighted by molar-refractivity contribution is 6.32. The van der Waals surface area contributed by atoms with Crippen molar-refractivity contribution in [3.05, 3.63) is 71.0 Å². The summed E-state index contributed by atoms with van der Waals surface area (Å²) in [6.07, 6.45) is 3.05. The Morgan fingerprint density at radius 1 is 1.03 bits per heavy atom. The van der Waals surface area contributed by atoms with Gasteiger partial charge in [0.2, 0.25) is 0 Å². The Morgan fingerprint density at radius 2 is 1.84 bits per heavy atom. The van der Waals surface area contributed by atoms with Crippen molar-refractivity contribution in [1.82, 2.24) is 4.98 Å². The minimum atomic E-state index is -0.381. The fourth-order valence-electron chi connectivity index (χ4n) is 3.01. The number of aromatic nitrogens is 1. The molecule has 9 heteroatoms. The largest absolute Gasteiger partial charge is 0.494 e. The molecule has 0 aliphatic carbocycles. The molecular weight excluding hydrogens is 422 g/mol. The van der Waals surface area contributed by atoms with Gasteiger partial charge in [0.1, 0.15) is 19.0 Å². The van der Waals surface area contributed by atoms with Gasteiger partial charge >= 0.3 is 0 Å². The van der Waals surface area contributed by atoms with E-state index in [1.807, 2.05) is 0 Å². The van der Waals surface area contributed by atoms with E-state index in [9.17, 15) is 9.59 Å². The fourth-order valence-corrected chi connectivity index (χ4v) is 3.27. The van der Waals surface area contributed by atoms with Crippen molar-refractivity contribution in [3.63, 3.8) is 0 Å². The number of anilines is 2. The zero-order valence-electron chi connectivity index (χ0n) is 16.5. The van der Waals surface area contributed by atoms with Crippen molar-refractivity contribution in [2.24, 2.45) is 0 Å². The third-order valence-corrected chi connectivity index (χ3v) is 4.77. The second-order valence-corrected chi connectivity index (χ2v) is 6.95. The summed E-state index contributed by atoms with van der Waals surface area (Å²) in [7, 11) is 1.47. The number of carbonyl (C=O) groups is 2. The van der Waals surface area contributed by atoms with Crippen LogP contribution in [-0.4, -0.2) is 37.1 Å². The maximum absolute atomic E-state index is 12.7. The highest BCUT2D eigenvalue weighted by Crippen LogP contribution is 2.38. The lowest BCUT2D eigenvalue weighted by atomic mass is 10.1. The summed E-state index contributed by atoms with van der Waals surface area (Å²) in [6, 6.07) is 11.3. The number of amides is 2. The number of nitrogens with zero attached hydrogens (tertiary/aromatic N) is 1. The Kier molecular flexibility index (Phi) is 5.90. The first-order valence-corrected chi connectivity index (χ1v) is 9.73. The Labute approximate surface area is 183 Å². The quantitative estimate of drug-likeness (QED) is 0.623. The van der Waals surface area contributed by atoms with Crippen LogP contribution in [0.15, 0.2) is 54.9 Å². The smallest absolute Gasteiger partial charge is 0.257 e. The lowest BCUT2D eigenvalue weighted by Crippen LogP contribution is -2.18.